The number of methoxy groups -OCH3 is 1. The summed E-state index contributed by atoms with van der Waals surface area (Å²) in [5, 5.41) is 2.74. The molecule has 1 unspecified atom stereocenters. The predicted molar refractivity (Wildman–Crippen MR) is 74.6 cm³/mol. The van der Waals surface area contributed by atoms with E-state index in [0.29, 0.717) is 0 Å². The lowest BCUT2D eigenvalue weighted by Gasteiger charge is -2.28. The standard InChI is InChI=1S/C15H27NO3/c1-4-5-6-12-7-9-13(10-8-12)14(17)16-11(2)15(18)19-3/h11-13H,4-10H2,1-3H3,(H,16,17). The third-order valence-corrected chi connectivity index (χ3v) is 4.10. The number of carbonyl (C=O) groups is 2. The van der Waals surface area contributed by atoms with Crippen LogP contribution in [0.25, 0.3) is 0 Å². The second kappa shape index (κ2) is 8.18. The topological polar surface area (TPSA) is 55.4 Å². The van der Waals surface area contributed by atoms with E-state index < -0.39 is 6.04 Å². The first-order valence-corrected chi connectivity index (χ1v) is 7.46. The summed E-state index contributed by atoms with van der Waals surface area (Å²) in [7, 11) is 1.34. The van der Waals surface area contributed by atoms with Crippen molar-refractivity contribution < 1.29 is 14.3 Å². The number of rotatable bonds is 6. The van der Waals surface area contributed by atoms with Crippen molar-refractivity contribution in [2.24, 2.45) is 11.8 Å². The average Bonchev–Trinajstić information content (AvgIpc) is 2.44. The fourth-order valence-electron chi connectivity index (χ4n) is 2.77. The molecule has 0 aromatic heterocycles. The van der Waals surface area contributed by atoms with Gasteiger partial charge in [-0.15, -0.1) is 0 Å². The molecule has 1 atom stereocenters. The van der Waals surface area contributed by atoms with Crippen molar-refractivity contribution in [3.63, 3.8) is 0 Å². The molecule has 0 aromatic carbocycles. The highest BCUT2D eigenvalue weighted by molar-refractivity contribution is 5.85. The maximum Gasteiger partial charge on any atom is 0.328 e. The van der Waals surface area contributed by atoms with Crippen LogP contribution < -0.4 is 5.32 Å². The quantitative estimate of drug-likeness (QED) is 0.754. The van der Waals surface area contributed by atoms with Crippen molar-refractivity contribution in [1.29, 1.82) is 0 Å². The fraction of sp³-hybridized carbons (Fsp3) is 0.867. The number of amides is 1. The maximum absolute atomic E-state index is 12.0. The summed E-state index contributed by atoms with van der Waals surface area (Å²) in [6, 6.07) is -0.546. The number of hydrogen-bond donors (Lipinski definition) is 1. The maximum atomic E-state index is 12.0. The summed E-state index contributed by atoms with van der Waals surface area (Å²) in [6.07, 6.45) is 8.03. The van der Waals surface area contributed by atoms with Gasteiger partial charge in [0.05, 0.1) is 7.11 Å². The van der Waals surface area contributed by atoms with Crippen molar-refractivity contribution in [3.8, 4) is 0 Å². The summed E-state index contributed by atoms with van der Waals surface area (Å²) < 4.78 is 4.61. The van der Waals surface area contributed by atoms with E-state index in [1.54, 1.807) is 6.92 Å². The summed E-state index contributed by atoms with van der Waals surface area (Å²) in [5.74, 6) is 0.490. The van der Waals surface area contributed by atoms with E-state index in [4.69, 9.17) is 0 Å². The van der Waals surface area contributed by atoms with Gasteiger partial charge in [-0.3, -0.25) is 4.79 Å². The van der Waals surface area contributed by atoms with Crippen molar-refractivity contribution in [2.45, 2.75) is 64.8 Å². The number of esters is 1. The molecule has 4 nitrogen and oxygen atoms in total. The number of carbonyl (C=O) groups excluding carboxylic acids is 2. The minimum absolute atomic E-state index is 0.00633. The molecule has 4 heteroatoms. The van der Waals surface area contributed by atoms with Crippen LogP contribution in [0.1, 0.15) is 58.8 Å². The van der Waals surface area contributed by atoms with Crippen molar-refractivity contribution in [3.05, 3.63) is 0 Å². The van der Waals surface area contributed by atoms with E-state index in [0.717, 1.165) is 31.6 Å². The Bertz CT molecular complexity index is 296. The van der Waals surface area contributed by atoms with Gasteiger partial charge < -0.3 is 10.1 Å². The van der Waals surface area contributed by atoms with Gasteiger partial charge in [0.15, 0.2) is 0 Å². The third kappa shape index (κ3) is 5.21. The predicted octanol–water partition coefficient (Wildman–Crippen LogP) is 2.66. The monoisotopic (exact) mass is 269 g/mol. The summed E-state index contributed by atoms with van der Waals surface area (Å²) in [6.45, 7) is 3.88. The van der Waals surface area contributed by atoms with Crippen LogP contribution in [-0.4, -0.2) is 25.0 Å². The molecule has 1 aliphatic carbocycles. The molecule has 0 heterocycles. The molecule has 1 rings (SSSR count). The van der Waals surface area contributed by atoms with Crippen molar-refractivity contribution >= 4 is 11.9 Å². The van der Waals surface area contributed by atoms with E-state index in [1.165, 1.54) is 26.4 Å². The smallest absolute Gasteiger partial charge is 0.328 e. The van der Waals surface area contributed by atoms with Crippen molar-refractivity contribution in [2.75, 3.05) is 7.11 Å². The number of nitrogens with one attached hydrogen (secondary N) is 1. The van der Waals surface area contributed by atoms with Gasteiger partial charge in [-0.2, -0.15) is 0 Å². The normalized spacial score (nSPS) is 24.6. The Hall–Kier alpha value is -1.06. The molecule has 1 N–H and O–H groups in total. The van der Waals surface area contributed by atoms with Crippen molar-refractivity contribution in [1.82, 2.24) is 5.32 Å². The van der Waals surface area contributed by atoms with Crippen LogP contribution in [0.2, 0.25) is 0 Å². The molecule has 0 radical (unpaired) electrons. The molecular weight excluding hydrogens is 242 g/mol. The van der Waals surface area contributed by atoms with Gasteiger partial charge in [-0.1, -0.05) is 26.2 Å². The van der Waals surface area contributed by atoms with Crippen LogP contribution >= 0.6 is 0 Å². The number of ether oxygens (including phenoxy) is 1. The van der Waals surface area contributed by atoms with E-state index >= 15 is 0 Å². The molecule has 0 bridgehead atoms. The second-order valence-electron chi connectivity index (χ2n) is 5.61. The SMILES string of the molecule is CCCCC1CCC(C(=O)NC(C)C(=O)OC)CC1. The largest absolute Gasteiger partial charge is 0.467 e. The van der Waals surface area contributed by atoms with Gasteiger partial charge in [0.2, 0.25) is 5.91 Å². The lowest BCUT2D eigenvalue weighted by molar-refractivity contribution is -0.145. The first-order valence-electron chi connectivity index (χ1n) is 7.46. The van der Waals surface area contributed by atoms with Crippen LogP contribution in [0.5, 0.6) is 0 Å². The highest BCUT2D eigenvalue weighted by Crippen LogP contribution is 2.31. The highest BCUT2D eigenvalue weighted by Gasteiger charge is 2.27. The first-order chi connectivity index (χ1) is 9.08. The number of hydrogen-bond acceptors (Lipinski definition) is 3. The van der Waals surface area contributed by atoms with Gasteiger partial charge in [-0.05, 0) is 38.5 Å². The third-order valence-electron chi connectivity index (χ3n) is 4.10. The first kappa shape index (κ1) is 16.0. The Labute approximate surface area is 116 Å². The van der Waals surface area contributed by atoms with Crippen LogP contribution in [0.4, 0.5) is 0 Å². The second-order valence-corrected chi connectivity index (χ2v) is 5.61. The average molecular weight is 269 g/mol. The minimum Gasteiger partial charge on any atom is -0.467 e. The zero-order chi connectivity index (χ0) is 14.3. The fourth-order valence-corrected chi connectivity index (χ4v) is 2.77. The van der Waals surface area contributed by atoms with E-state index in [1.807, 2.05) is 0 Å². The van der Waals surface area contributed by atoms with E-state index in [-0.39, 0.29) is 17.8 Å². The molecular formula is C15H27NO3. The molecule has 0 saturated heterocycles. The molecule has 110 valence electrons. The van der Waals surface area contributed by atoms with Crippen LogP contribution in [0, 0.1) is 11.8 Å². The summed E-state index contributed by atoms with van der Waals surface area (Å²) in [4.78, 5) is 23.3. The minimum atomic E-state index is -0.546. The molecule has 1 aliphatic rings. The van der Waals surface area contributed by atoms with Gasteiger partial charge in [-0.25, -0.2) is 4.79 Å². The molecule has 1 fully saturated rings. The molecule has 1 amide bonds. The molecule has 1 saturated carbocycles. The Kier molecular flexibility index (Phi) is 6.89. The Morgan fingerprint density at radius 3 is 2.42 bits per heavy atom. The molecule has 19 heavy (non-hydrogen) atoms. The van der Waals surface area contributed by atoms with Gasteiger partial charge >= 0.3 is 5.97 Å². The van der Waals surface area contributed by atoms with E-state index in [9.17, 15) is 9.59 Å². The molecule has 0 spiro atoms. The zero-order valence-electron chi connectivity index (χ0n) is 12.4. The Balaban J connectivity index is 2.30. The van der Waals surface area contributed by atoms with Crippen LogP contribution in [0.3, 0.4) is 0 Å². The summed E-state index contributed by atoms with van der Waals surface area (Å²) in [5.41, 5.74) is 0. The number of unbranched alkanes of at least 4 members (excludes halogenated alkanes) is 1. The highest BCUT2D eigenvalue weighted by atomic mass is 16.5. The Morgan fingerprint density at radius 2 is 1.89 bits per heavy atom. The van der Waals surface area contributed by atoms with Gasteiger partial charge in [0, 0.05) is 5.92 Å². The zero-order valence-corrected chi connectivity index (χ0v) is 12.4. The lowest BCUT2D eigenvalue weighted by Crippen LogP contribution is -2.43. The lowest BCUT2D eigenvalue weighted by atomic mass is 9.79. The molecule has 0 aromatic rings. The van der Waals surface area contributed by atoms with E-state index in [2.05, 4.69) is 17.0 Å². The molecule has 0 aliphatic heterocycles. The van der Waals surface area contributed by atoms with Crippen LogP contribution in [0.15, 0.2) is 0 Å². The van der Waals surface area contributed by atoms with Gasteiger partial charge in [0.25, 0.3) is 0 Å². The van der Waals surface area contributed by atoms with Gasteiger partial charge in [0.1, 0.15) is 6.04 Å². The Morgan fingerprint density at radius 1 is 1.26 bits per heavy atom. The van der Waals surface area contributed by atoms with Crippen LogP contribution in [-0.2, 0) is 14.3 Å². The summed E-state index contributed by atoms with van der Waals surface area (Å²) >= 11 is 0.